The summed E-state index contributed by atoms with van der Waals surface area (Å²) in [7, 11) is 0. The van der Waals surface area contributed by atoms with E-state index in [1.165, 1.54) is 11.1 Å². The van der Waals surface area contributed by atoms with Gasteiger partial charge in [-0.3, -0.25) is 4.57 Å². The summed E-state index contributed by atoms with van der Waals surface area (Å²) in [5.74, 6) is 0.549. The maximum absolute atomic E-state index is 13.4. The van der Waals surface area contributed by atoms with Crippen molar-refractivity contribution in [1.29, 1.82) is 0 Å². The highest BCUT2D eigenvalue weighted by Crippen LogP contribution is 2.37. The molecule has 0 bridgehead atoms. The van der Waals surface area contributed by atoms with Crippen LogP contribution in [0.15, 0.2) is 6.33 Å². The van der Waals surface area contributed by atoms with E-state index in [4.69, 9.17) is 10.5 Å². The molecule has 4 rings (SSSR count). The van der Waals surface area contributed by atoms with Crippen LogP contribution in [-0.4, -0.2) is 39.7 Å². The molecule has 11 heteroatoms. The minimum absolute atomic E-state index is 0.00773. The standard InChI is InChI=1S/C12H14FN9O/c1-2-22-19-10(18-20-22)6-3-4-7(23-6)21-5-15-8-9(14)16-12(13)17-11(8)21/h5-7H,2-4H2,1H3,(H2,14,16,17). The fraction of sp³-hybridized carbons (Fsp3) is 0.500. The number of ether oxygens (including phenoxy) is 1. The van der Waals surface area contributed by atoms with E-state index in [2.05, 4.69) is 30.4 Å². The van der Waals surface area contributed by atoms with Gasteiger partial charge in [0.15, 0.2) is 17.0 Å². The normalized spacial score (nSPS) is 21.3. The van der Waals surface area contributed by atoms with Crippen molar-refractivity contribution in [2.24, 2.45) is 0 Å². The molecule has 4 heterocycles. The van der Waals surface area contributed by atoms with Gasteiger partial charge >= 0.3 is 6.08 Å². The summed E-state index contributed by atoms with van der Waals surface area (Å²) in [5.41, 5.74) is 6.33. The summed E-state index contributed by atoms with van der Waals surface area (Å²) >= 11 is 0. The predicted octanol–water partition coefficient (Wildman–Crippen LogP) is 0.604. The van der Waals surface area contributed by atoms with Crippen LogP contribution in [0, 0.1) is 6.08 Å². The van der Waals surface area contributed by atoms with Gasteiger partial charge in [-0.2, -0.15) is 19.2 Å². The fourth-order valence-electron chi connectivity index (χ4n) is 2.65. The molecular formula is C12H14FN9O. The van der Waals surface area contributed by atoms with Gasteiger partial charge in [-0.15, -0.1) is 10.2 Å². The van der Waals surface area contributed by atoms with Crippen molar-refractivity contribution in [2.45, 2.75) is 38.6 Å². The van der Waals surface area contributed by atoms with E-state index in [1.807, 2.05) is 6.92 Å². The molecule has 1 aliphatic heterocycles. The quantitative estimate of drug-likeness (QED) is 0.696. The lowest BCUT2D eigenvalue weighted by Crippen LogP contribution is -2.10. The van der Waals surface area contributed by atoms with Crippen molar-refractivity contribution in [3.63, 3.8) is 0 Å². The Kier molecular flexibility index (Phi) is 3.15. The predicted molar refractivity (Wildman–Crippen MR) is 75.3 cm³/mol. The number of imidazole rings is 1. The van der Waals surface area contributed by atoms with Crippen LogP contribution in [0.1, 0.15) is 37.9 Å². The molecule has 10 nitrogen and oxygen atoms in total. The molecule has 2 unspecified atom stereocenters. The average Bonchev–Trinajstić information content (AvgIpc) is 3.25. The number of nitrogens with zero attached hydrogens (tertiary/aromatic N) is 8. The minimum atomic E-state index is -0.890. The third-order valence-corrected chi connectivity index (χ3v) is 3.77. The van der Waals surface area contributed by atoms with Crippen molar-refractivity contribution in [3.8, 4) is 0 Å². The Morgan fingerprint density at radius 1 is 1.39 bits per heavy atom. The number of nitrogens with two attached hydrogens (primary N) is 1. The highest BCUT2D eigenvalue weighted by molar-refractivity contribution is 5.81. The van der Waals surface area contributed by atoms with Crippen LogP contribution in [0.5, 0.6) is 0 Å². The molecule has 0 radical (unpaired) electrons. The Labute approximate surface area is 129 Å². The monoisotopic (exact) mass is 319 g/mol. The largest absolute Gasteiger partial charge is 0.382 e. The van der Waals surface area contributed by atoms with Gasteiger partial charge in [0.1, 0.15) is 12.3 Å². The molecule has 3 aromatic rings. The van der Waals surface area contributed by atoms with Crippen molar-refractivity contribution in [3.05, 3.63) is 18.2 Å². The van der Waals surface area contributed by atoms with Crippen LogP contribution in [0.3, 0.4) is 0 Å². The van der Waals surface area contributed by atoms with Crippen LogP contribution in [0.2, 0.25) is 0 Å². The smallest absolute Gasteiger partial charge is 0.312 e. The second kappa shape index (κ2) is 5.19. The third-order valence-electron chi connectivity index (χ3n) is 3.77. The highest BCUT2D eigenvalue weighted by Gasteiger charge is 2.32. The number of tetrazole rings is 1. The molecular weight excluding hydrogens is 305 g/mol. The van der Waals surface area contributed by atoms with Crippen molar-refractivity contribution < 1.29 is 9.13 Å². The van der Waals surface area contributed by atoms with Crippen molar-refractivity contribution >= 4 is 17.0 Å². The number of fused-ring (bicyclic) bond motifs is 1. The second-order valence-corrected chi connectivity index (χ2v) is 5.19. The highest BCUT2D eigenvalue weighted by atomic mass is 19.1. The molecule has 2 atom stereocenters. The first kappa shape index (κ1) is 13.9. The van der Waals surface area contributed by atoms with Crippen LogP contribution in [-0.2, 0) is 11.3 Å². The fourth-order valence-corrected chi connectivity index (χ4v) is 2.65. The molecule has 1 fully saturated rings. The van der Waals surface area contributed by atoms with Gasteiger partial charge in [0.05, 0.1) is 12.9 Å². The lowest BCUT2D eigenvalue weighted by molar-refractivity contribution is -0.00102. The second-order valence-electron chi connectivity index (χ2n) is 5.19. The van der Waals surface area contributed by atoms with Crippen molar-refractivity contribution in [2.75, 3.05) is 5.73 Å². The molecule has 23 heavy (non-hydrogen) atoms. The number of aryl methyl sites for hydroxylation is 1. The number of hydrogen-bond donors (Lipinski definition) is 1. The van der Waals surface area contributed by atoms with E-state index in [1.54, 1.807) is 4.57 Å². The molecule has 0 aliphatic carbocycles. The first-order valence-corrected chi connectivity index (χ1v) is 7.24. The summed E-state index contributed by atoms with van der Waals surface area (Å²) in [6.45, 7) is 2.57. The van der Waals surface area contributed by atoms with Crippen LogP contribution >= 0.6 is 0 Å². The first-order chi connectivity index (χ1) is 11.2. The van der Waals surface area contributed by atoms with Gasteiger partial charge in [0.25, 0.3) is 0 Å². The first-order valence-electron chi connectivity index (χ1n) is 7.24. The van der Waals surface area contributed by atoms with Gasteiger partial charge in [0.2, 0.25) is 5.82 Å². The van der Waals surface area contributed by atoms with Crippen molar-refractivity contribution in [1.82, 2.24) is 39.7 Å². The van der Waals surface area contributed by atoms with Gasteiger partial charge in [-0.05, 0) is 25.0 Å². The number of anilines is 1. The Hall–Kier alpha value is -2.69. The summed E-state index contributed by atoms with van der Waals surface area (Å²) < 4.78 is 21.0. The lowest BCUT2D eigenvalue weighted by atomic mass is 10.2. The molecule has 1 saturated heterocycles. The van der Waals surface area contributed by atoms with Crippen LogP contribution in [0.25, 0.3) is 11.2 Å². The zero-order chi connectivity index (χ0) is 16.0. The molecule has 3 aromatic heterocycles. The summed E-state index contributed by atoms with van der Waals surface area (Å²) in [5, 5.41) is 12.2. The average molecular weight is 319 g/mol. The molecule has 0 amide bonds. The maximum Gasteiger partial charge on any atom is 0.312 e. The van der Waals surface area contributed by atoms with E-state index >= 15 is 0 Å². The number of nitrogen functional groups attached to an aromatic ring is 1. The number of aromatic nitrogens is 8. The minimum Gasteiger partial charge on any atom is -0.382 e. The number of halogens is 1. The summed E-state index contributed by atoms with van der Waals surface area (Å²) in [6, 6.07) is 0. The maximum atomic E-state index is 13.4. The van der Waals surface area contributed by atoms with Gasteiger partial charge in [0, 0.05) is 0 Å². The van der Waals surface area contributed by atoms with E-state index in [0.717, 1.165) is 6.42 Å². The zero-order valence-electron chi connectivity index (χ0n) is 12.3. The molecule has 1 aliphatic rings. The Balaban J connectivity index is 1.62. The zero-order valence-corrected chi connectivity index (χ0v) is 12.3. The van der Waals surface area contributed by atoms with E-state index < -0.39 is 6.08 Å². The number of hydrogen-bond acceptors (Lipinski definition) is 8. The lowest BCUT2D eigenvalue weighted by Gasteiger charge is -2.13. The Bertz CT molecular complexity index is 859. The van der Waals surface area contributed by atoms with Crippen LogP contribution in [0.4, 0.5) is 10.2 Å². The van der Waals surface area contributed by atoms with Gasteiger partial charge in [-0.25, -0.2) is 4.98 Å². The number of rotatable bonds is 3. The SMILES string of the molecule is CCn1nnc(C2CCC(n3cnc4c(N)nc(F)nc43)O2)n1. The summed E-state index contributed by atoms with van der Waals surface area (Å²) in [4.78, 5) is 12.9. The Morgan fingerprint density at radius 2 is 2.26 bits per heavy atom. The molecule has 0 spiro atoms. The van der Waals surface area contributed by atoms with Gasteiger partial charge < -0.3 is 10.5 Å². The topological polar surface area (TPSA) is 122 Å². The molecule has 0 aromatic carbocycles. The molecule has 0 saturated carbocycles. The van der Waals surface area contributed by atoms with Gasteiger partial charge in [-0.1, -0.05) is 0 Å². The van der Waals surface area contributed by atoms with E-state index in [9.17, 15) is 4.39 Å². The van der Waals surface area contributed by atoms with E-state index in [-0.39, 0.29) is 18.1 Å². The Morgan fingerprint density at radius 3 is 3.04 bits per heavy atom. The third kappa shape index (κ3) is 2.29. The van der Waals surface area contributed by atoms with Crippen LogP contribution < -0.4 is 5.73 Å². The van der Waals surface area contributed by atoms with E-state index in [0.29, 0.717) is 30.0 Å². The molecule has 2 N–H and O–H groups in total. The summed E-state index contributed by atoms with van der Waals surface area (Å²) in [6.07, 6.45) is 1.46. The molecule has 120 valence electrons.